The van der Waals surface area contributed by atoms with Crippen LogP contribution in [0.15, 0.2) is 18.2 Å². The standard InChI is InChI=1S/C15H19NO3/c1-17-15-3-2-13(8-14(15)9-16)11-19-10-12-4-6-18-7-5-12/h2-3,8,12H,4-7,10-11H2,1H3. The van der Waals surface area contributed by atoms with Gasteiger partial charge in [-0.1, -0.05) is 6.07 Å². The molecule has 0 aliphatic carbocycles. The molecule has 1 aliphatic heterocycles. The normalized spacial score (nSPS) is 16.0. The molecule has 102 valence electrons. The number of ether oxygens (including phenoxy) is 3. The van der Waals surface area contributed by atoms with Crippen LogP contribution in [0.3, 0.4) is 0 Å². The second kappa shape index (κ2) is 7.13. The molecule has 4 nitrogen and oxygen atoms in total. The molecule has 0 unspecified atom stereocenters. The van der Waals surface area contributed by atoms with Crippen molar-refractivity contribution in [3.63, 3.8) is 0 Å². The number of nitrogens with zero attached hydrogens (tertiary/aromatic N) is 1. The van der Waals surface area contributed by atoms with E-state index in [2.05, 4.69) is 6.07 Å². The second-order valence-corrected chi connectivity index (χ2v) is 4.72. The van der Waals surface area contributed by atoms with Crippen molar-refractivity contribution in [2.24, 2.45) is 5.92 Å². The molecule has 1 heterocycles. The molecule has 0 radical (unpaired) electrons. The number of rotatable bonds is 5. The van der Waals surface area contributed by atoms with Crippen LogP contribution in [-0.2, 0) is 16.1 Å². The van der Waals surface area contributed by atoms with Gasteiger partial charge in [-0.25, -0.2) is 0 Å². The van der Waals surface area contributed by atoms with Crippen LogP contribution in [0.2, 0.25) is 0 Å². The maximum absolute atomic E-state index is 9.02. The van der Waals surface area contributed by atoms with Gasteiger partial charge in [-0.3, -0.25) is 0 Å². The van der Waals surface area contributed by atoms with Gasteiger partial charge in [0.15, 0.2) is 0 Å². The van der Waals surface area contributed by atoms with Gasteiger partial charge in [-0.05, 0) is 36.5 Å². The zero-order chi connectivity index (χ0) is 13.5. The van der Waals surface area contributed by atoms with Crippen molar-refractivity contribution in [2.75, 3.05) is 26.9 Å². The van der Waals surface area contributed by atoms with Gasteiger partial charge in [0.05, 0.1) is 25.9 Å². The Morgan fingerprint density at radius 2 is 2.16 bits per heavy atom. The Morgan fingerprint density at radius 3 is 2.84 bits per heavy atom. The quantitative estimate of drug-likeness (QED) is 0.817. The highest BCUT2D eigenvalue weighted by atomic mass is 16.5. The van der Waals surface area contributed by atoms with Crippen molar-refractivity contribution >= 4 is 0 Å². The number of methoxy groups -OCH3 is 1. The SMILES string of the molecule is COc1ccc(COCC2CCOCC2)cc1C#N. The Morgan fingerprint density at radius 1 is 1.37 bits per heavy atom. The molecule has 0 bridgehead atoms. The summed E-state index contributed by atoms with van der Waals surface area (Å²) < 4.78 is 16.2. The third-order valence-electron chi connectivity index (χ3n) is 3.35. The van der Waals surface area contributed by atoms with Crippen molar-refractivity contribution in [3.05, 3.63) is 29.3 Å². The minimum absolute atomic E-state index is 0.538. The zero-order valence-corrected chi connectivity index (χ0v) is 11.2. The van der Waals surface area contributed by atoms with Crippen LogP contribution in [0, 0.1) is 17.2 Å². The predicted molar refractivity (Wildman–Crippen MR) is 70.9 cm³/mol. The van der Waals surface area contributed by atoms with Crippen molar-refractivity contribution in [2.45, 2.75) is 19.4 Å². The molecule has 1 aromatic carbocycles. The van der Waals surface area contributed by atoms with Gasteiger partial charge in [0, 0.05) is 13.2 Å². The van der Waals surface area contributed by atoms with Gasteiger partial charge in [-0.15, -0.1) is 0 Å². The van der Waals surface area contributed by atoms with E-state index in [1.165, 1.54) is 0 Å². The molecule has 1 saturated heterocycles. The van der Waals surface area contributed by atoms with E-state index in [0.29, 0.717) is 23.8 Å². The van der Waals surface area contributed by atoms with Crippen LogP contribution in [0.25, 0.3) is 0 Å². The smallest absolute Gasteiger partial charge is 0.136 e. The summed E-state index contributed by atoms with van der Waals surface area (Å²) in [7, 11) is 1.57. The lowest BCUT2D eigenvalue weighted by Crippen LogP contribution is -2.20. The average Bonchev–Trinajstić information content (AvgIpc) is 2.48. The van der Waals surface area contributed by atoms with E-state index in [1.54, 1.807) is 7.11 Å². The van der Waals surface area contributed by atoms with E-state index in [9.17, 15) is 0 Å². The van der Waals surface area contributed by atoms with E-state index in [0.717, 1.165) is 38.2 Å². The highest BCUT2D eigenvalue weighted by molar-refractivity contribution is 5.45. The lowest BCUT2D eigenvalue weighted by atomic mass is 10.0. The fourth-order valence-corrected chi connectivity index (χ4v) is 2.19. The molecule has 19 heavy (non-hydrogen) atoms. The number of nitriles is 1. The molecule has 0 spiro atoms. The highest BCUT2D eigenvalue weighted by Gasteiger charge is 2.13. The number of benzene rings is 1. The molecule has 0 aromatic heterocycles. The fourth-order valence-electron chi connectivity index (χ4n) is 2.19. The van der Waals surface area contributed by atoms with Crippen LogP contribution in [0.5, 0.6) is 5.75 Å². The third-order valence-corrected chi connectivity index (χ3v) is 3.35. The Balaban J connectivity index is 1.84. The maximum atomic E-state index is 9.02. The summed E-state index contributed by atoms with van der Waals surface area (Å²) >= 11 is 0. The summed E-state index contributed by atoms with van der Waals surface area (Å²) in [5, 5.41) is 9.02. The molecule has 1 aromatic rings. The molecular formula is C15H19NO3. The summed E-state index contributed by atoms with van der Waals surface area (Å²) in [6.45, 7) is 2.98. The van der Waals surface area contributed by atoms with E-state index in [1.807, 2.05) is 18.2 Å². The van der Waals surface area contributed by atoms with Crippen molar-refractivity contribution in [1.82, 2.24) is 0 Å². The topological polar surface area (TPSA) is 51.5 Å². The van der Waals surface area contributed by atoms with Crippen LogP contribution in [0.1, 0.15) is 24.0 Å². The van der Waals surface area contributed by atoms with Gasteiger partial charge in [0.1, 0.15) is 11.8 Å². The van der Waals surface area contributed by atoms with Crippen LogP contribution in [0.4, 0.5) is 0 Å². The molecule has 0 amide bonds. The first-order valence-corrected chi connectivity index (χ1v) is 6.56. The van der Waals surface area contributed by atoms with Crippen molar-refractivity contribution in [3.8, 4) is 11.8 Å². The number of hydrogen-bond donors (Lipinski definition) is 0. The average molecular weight is 261 g/mol. The van der Waals surface area contributed by atoms with Crippen LogP contribution in [-0.4, -0.2) is 26.9 Å². The second-order valence-electron chi connectivity index (χ2n) is 4.72. The minimum Gasteiger partial charge on any atom is -0.495 e. The lowest BCUT2D eigenvalue weighted by molar-refractivity contribution is 0.0157. The summed E-state index contributed by atoms with van der Waals surface area (Å²) in [4.78, 5) is 0. The van der Waals surface area contributed by atoms with E-state index < -0.39 is 0 Å². The Labute approximate surface area is 113 Å². The molecular weight excluding hydrogens is 242 g/mol. The first-order valence-electron chi connectivity index (χ1n) is 6.56. The predicted octanol–water partition coefficient (Wildman–Crippen LogP) is 2.51. The fraction of sp³-hybridized carbons (Fsp3) is 0.533. The Kier molecular flexibility index (Phi) is 5.20. The van der Waals surface area contributed by atoms with E-state index >= 15 is 0 Å². The van der Waals surface area contributed by atoms with Gasteiger partial charge < -0.3 is 14.2 Å². The summed E-state index contributed by atoms with van der Waals surface area (Å²) in [6, 6.07) is 7.70. The molecule has 1 fully saturated rings. The van der Waals surface area contributed by atoms with E-state index in [4.69, 9.17) is 19.5 Å². The monoisotopic (exact) mass is 261 g/mol. The van der Waals surface area contributed by atoms with Crippen LogP contribution >= 0.6 is 0 Å². The third kappa shape index (κ3) is 3.95. The van der Waals surface area contributed by atoms with Crippen molar-refractivity contribution < 1.29 is 14.2 Å². The minimum atomic E-state index is 0.538. The summed E-state index contributed by atoms with van der Waals surface area (Å²) in [5.41, 5.74) is 1.55. The number of hydrogen-bond acceptors (Lipinski definition) is 4. The van der Waals surface area contributed by atoms with Crippen LogP contribution < -0.4 is 4.74 Å². The molecule has 2 rings (SSSR count). The Bertz CT molecular complexity index is 447. The van der Waals surface area contributed by atoms with E-state index in [-0.39, 0.29) is 0 Å². The molecule has 4 heteroatoms. The van der Waals surface area contributed by atoms with Gasteiger partial charge in [0.25, 0.3) is 0 Å². The Hall–Kier alpha value is -1.57. The van der Waals surface area contributed by atoms with Gasteiger partial charge in [-0.2, -0.15) is 5.26 Å². The summed E-state index contributed by atoms with van der Waals surface area (Å²) in [5.74, 6) is 1.21. The first kappa shape index (κ1) is 13.9. The van der Waals surface area contributed by atoms with Gasteiger partial charge in [0.2, 0.25) is 0 Å². The molecule has 0 saturated carbocycles. The van der Waals surface area contributed by atoms with Gasteiger partial charge >= 0.3 is 0 Å². The molecule has 0 N–H and O–H groups in total. The summed E-state index contributed by atoms with van der Waals surface area (Å²) in [6.07, 6.45) is 2.15. The maximum Gasteiger partial charge on any atom is 0.136 e. The van der Waals surface area contributed by atoms with Crippen molar-refractivity contribution in [1.29, 1.82) is 5.26 Å². The zero-order valence-electron chi connectivity index (χ0n) is 11.2. The first-order chi connectivity index (χ1) is 9.33. The highest BCUT2D eigenvalue weighted by Crippen LogP contribution is 2.20. The lowest BCUT2D eigenvalue weighted by Gasteiger charge is -2.21. The molecule has 1 aliphatic rings. The molecule has 0 atom stereocenters. The largest absolute Gasteiger partial charge is 0.495 e.